The zero-order chi connectivity index (χ0) is 19.4. The van der Waals surface area contributed by atoms with E-state index in [9.17, 15) is 5.11 Å². The maximum atomic E-state index is 10.3. The molecule has 0 radical (unpaired) electrons. The Morgan fingerprint density at radius 1 is 1.15 bits per heavy atom. The van der Waals surface area contributed by atoms with Crippen LogP contribution >= 0.6 is 22.9 Å². The molecular formula is C16H14N8OS2. The Bertz CT molecular complexity index is 1050. The lowest BCUT2D eigenvalue weighted by molar-refractivity contribution is 0.476. The quantitative estimate of drug-likeness (QED) is 0.578. The summed E-state index contributed by atoms with van der Waals surface area (Å²) in [6.45, 7) is 1.73. The Hall–Kier alpha value is -3.23. The number of nitriles is 1. The van der Waals surface area contributed by atoms with E-state index >= 15 is 0 Å². The minimum atomic E-state index is -0.0598. The molecule has 3 rings (SSSR count). The Kier molecular flexibility index (Phi) is 5.49. The van der Waals surface area contributed by atoms with Gasteiger partial charge in [0.15, 0.2) is 5.00 Å². The molecule has 3 aromatic rings. The number of thiazole rings is 1. The number of hydrogen-bond donors (Lipinski definition) is 1. The lowest BCUT2D eigenvalue weighted by Gasteiger charge is -2.15. The number of benzene rings is 1. The maximum Gasteiger partial charge on any atom is 0.229 e. The number of nitrogens with zero attached hydrogens (tertiary/aromatic N) is 8. The van der Waals surface area contributed by atoms with Crippen LogP contribution in [0.2, 0.25) is 0 Å². The number of phenolic OH excluding ortho intramolecular Hbond substituents is 1. The molecule has 0 unspecified atom stereocenters. The first-order chi connectivity index (χ1) is 13.0. The highest BCUT2D eigenvalue weighted by atomic mass is 32.1. The van der Waals surface area contributed by atoms with Gasteiger partial charge in [-0.1, -0.05) is 0 Å². The summed E-state index contributed by atoms with van der Waals surface area (Å²) in [5, 5.41) is 38.6. The van der Waals surface area contributed by atoms with Gasteiger partial charge in [0.2, 0.25) is 5.13 Å². The minimum Gasteiger partial charge on any atom is -0.506 e. The summed E-state index contributed by atoms with van der Waals surface area (Å²) in [7, 11) is 3.66. The molecule has 0 aliphatic heterocycles. The molecule has 0 saturated heterocycles. The minimum absolute atomic E-state index is 0.0598. The molecule has 9 nitrogen and oxygen atoms in total. The average molecular weight is 398 g/mol. The first-order valence-corrected chi connectivity index (χ1v) is 9.28. The normalized spacial score (nSPS) is 11.3. The van der Waals surface area contributed by atoms with E-state index in [1.54, 1.807) is 24.1 Å². The summed E-state index contributed by atoms with van der Waals surface area (Å²) in [5.74, 6) is -0.0598. The summed E-state index contributed by atoms with van der Waals surface area (Å²) < 4.78 is 4.09. The fourth-order valence-corrected chi connectivity index (χ4v) is 3.22. The van der Waals surface area contributed by atoms with Crippen molar-refractivity contribution in [3.63, 3.8) is 0 Å². The van der Waals surface area contributed by atoms with Crippen LogP contribution in [0.5, 0.6) is 5.75 Å². The van der Waals surface area contributed by atoms with Crippen LogP contribution in [0.1, 0.15) is 11.3 Å². The standard InChI is InChI=1S/C16H14N8OS2/c1-9-10(8-17)15(27-23-9)21-20-12-6-11(13(24(2)3)7-14(12)25)19-22-16-18-4-5-26-16/h4-7,25H,1-3H3/b21-20+,22-19+. The lowest BCUT2D eigenvalue weighted by atomic mass is 10.2. The van der Waals surface area contributed by atoms with E-state index in [4.69, 9.17) is 5.26 Å². The number of azo groups is 2. The van der Waals surface area contributed by atoms with Gasteiger partial charge in [0, 0.05) is 31.7 Å². The predicted octanol–water partition coefficient (Wildman–Crippen LogP) is 5.38. The van der Waals surface area contributed by atoms with Gasteiger partial charge in [0.05, 0.1) is 11.4 Å². The van der Waals surface area contributed by atoms with Crippen LogP contribution in [-0.2, 0) is 0 Å². The molecule has 0 bridgehead atoms. The van der Waals surface area contributed by atoms with Crippen molar-refractivity contribution in [3.8, 4) is 11.8 Å². The molecule has 2 heterocycles. The van der Waals surface area contributed by atoms with E-state index in [-0.39, 0.29) is 11.4 Å². The number of hydrogen-bond acceptors (Lipinski definition) is 11. The van der Waals surface area contributed by atoms with E-state index in [2.05, 4.69) is 35.9 Å². The molecule has 2 aromatic heterocycles. The van der Waals surface area contributed by atoms with E-state index in [1.165, 1.54) is 17.4 Å². The third kappa shape index (κ3) is 4.13. The van der Waals surface area contributed by atoms with Crippen molar-refractivity contribution >= 4 is 50.1 Å². The SMILES string of the molecule is Cc1nsc(/N=N/c2cc(/N=N/c3nccs3)c(N(C)C)cc2O)c1C#N. The third-order valence-electron chi connectivity index (χ3n) is 3.42. The van der Waals surface area contributed by atoms with Gasteiger partial charge in [0.1, 0.15) is 28.8 Å². The smallest absolute Gasteiger partial charge is 0.229 e. The van der Waals surface area contributed by atoms with E-state index in [0.717, 1.165) is 11.5 Å². The third-order valence-corrected chi connectivity index (χ3v) is 4.90. The Morgan fingerprint density at radius 3 is 2.59 bits per heavy atom. The number of anilines is 1. The zero-order valence-electron chi connectivity index (χ0n) is 14.7. The van der Waals surface area contributed by atoms with Gasteiger partial charge in [0.25, 0.3) is 0 Å². The molecule has 27 heavy (non-hydrogen) atoms. The van der Waals surface area contributed by atoms with Crippen LogP contribution in [0.15, 0.2) is 44.2 Å². The second-order valence-electron chi connectivity index (χ2n) is 5.50. The van der Waals surface area contributed by atoms with Crippen LogP contribution in [-0.4, -0.2) is 28.6 Å². The van der Waals surface area contributed by atoms with Gasteiger partial charge in [-0.15, -0.1) is 31.8 Å². The van der Waals surface area contributed by atoms with Crippen molar-refractivity contribution in [2.75, 3.05) is 19.0 Å². The lowest BCUT2D eigenvalue weighted by Crippen LogP contribution is -2.08. The molecule has 1 N–H and O–H groups in total. The van der Waals surface area contributed by atoms with Gasteiger partial charge in [-0.25, -0.2) is 4.98 Å². The number of aromatic hydroxyl groups is 1. The molecule has 0 amide bonds. The molecule has 0 aliphatic carbocycles. The van der Waals surface area contributed by atoms with Gasteiger partial charge in [-0.05, 0) is 24.5 Å². The Balaban J connectivity index is 1.99. The second-order valence-corrected chi connectivity index (χ2v) is 7.12. The van der Waals surface area contributed by atoms with Crippen molar-refractivity contribution in [2.24, 2.45) is 20.5 Å². The summed E-state index contributed by atoms with van der Waals surface area (Å²) in [4.78, 5) is 5.86. The van der Waals surface area contributed by atoms with Crippen LogP contribution in [0, 0.1) is 18.3 Å². The van der Waals surface area contributed by atoms with Crippen LogP contribution in [0.25, 0.3) is 0 Å². The summed E-state index contributed by atoms with van der Waals surface area (Å²) in [6.07, 6.45) is 1.65. The molecule has 0 saturated carbocycles. The molecule has 1 aromatic carbocycles. The highest BCUT2D eigenvalue weighted by Crippen LogP contribution is 2.40. The highest BCUT2D eigenvalue weighted by molar-refractivity contribution is 7.13. The zero-order valence-corrected chi connectivity index (χ0v) is 16.3. The molecular weight excluding hydrogens is 384 g/mol. The number of phenols is 1. The fourth-order valence-electron chi connectivity index (χ4n) is 2.09. The molecule has 0 spiro atoms. The molecule has 0 aliphatic rings. The number of aromatic nitrogens is 2. The number of rotatable bonds is 5. The van der Waals surface area contributed by atoms with Gasteiger partial charge >= 0.3 is 0 Å². The van der Waals surface area contributed by atoms with Crippen molar-refractivity contribution in [1.29, 1.82) is 5.26 Å². The molecule has 0 fully saturated rings. The van der Waals surface area contributed by atoms with Gasteiger partial charge in [-0.2, -0.15) is 9.64 Å². The Labute approximate surface area is 163 Å². The van der Waals surface area contributed by atoms with Crippen molar-refractivity contribution in [2.45, 2.75) is 6.92 Å². The largest absolute Gasteiger partial charge is 0.506 e. The molecule has 11 heteroatoms. The van der Waals surface area contributed by atoms with Gasteiger partial charge < -0.3 is 10.0 Å². The number of aryl methyl sites for hydroxylation is 1. The molecule has 0 atom stereocenters. The van der Waals surface area contributed by atoms with Crippen molar-refractivity contribution in [1.82, 2.24) is 9.36 Å². The van der Waals surface area contributed by atoms with Crippen LogP contribution in [0.3, 0.4) is 0 Å². The first-order valence-electron chi connectivity index (χ1n) is 7.63. The van der Waals surface area contributed by atoms with E-state index in [0.29, 0.717) is 32.8 Å². The highest BCUT2D eigenvalue weighted by Gasteiger charge is 2.13. The van der Waals surface area contributed by atoms with E-state index < -0.39 is 0 Å². The monoisotopic (exact) mass is 398 g/mol. The van der Waals surface area contributed by atoms with Crippen LogP contribution < -0.4 is 4.90 Å². The van der Waals surface area contributed by atoms with Crippen molar-refractivity contribution < 1.29 is 5.11 Å². The predicted molar refractivity (Wildman–Crippen MR) is 104 cm³/mol. The van der Waals surface area contributed by atoms with Crippen molar-refractivity contribution in [3.05, 3.63) is 35.0 Å². The molecule has 136 valence electrons. The second kappa shape index (κ2) is 7.98. The first kappa shape index (κ1) is 18.6. The van der Waals surface area contributed by atoms with E-state index in [1.807, 2.05) is 19.5 Å². The fraction of sp³-hybridized carbons (Fsp3) is 0.188. The maximum absolute atomic E-state index is 10.3. The van der Waals surface area contributed by atoms with Gasteiger partial charge in [-0.3, -0.25) is 0 Å². The van der Waals surface area contributed by atoms with Crippen LogP contribution in [0.4, 0.5) is 27.2 Å². The topological polar surface area (TPSA) is 122 Å². The Morgan fingerprint density at radius 2 is 1.93 bits per heavy atom. The summed E-state index contributed by atoms with van der Waals surface area (Å²) in [6, 6.07) is 5.16. The summed E-state index contributed by atoms with van der Waals surface area (Å²) >= 11 is 2.44. The summed E-state index contributed by atoms with van der Waals surface area (Å²) in [5.41, 5.74) is 2.35. The average Bonchev–Trinajstić information content (AvgIpc) is 3.28.